The zero-order chi connectivity index (χ0) is 14.8. The van der Waals surface area contributed by atoms with Gasteiger partial charge in [-0.05, 0) is 57.7 Å². The topological polar surface area (TPSA) is 62.1 Å². The zero-order valence-corrected chi connectivity index (χ0v) is 12.2. The summed E-state index contributed by atoms with van der Waals surface area (Å²) >= 11 is 0. The quantitative estimate of drug-likeness (QED) is 0.885. The Balaban J connectivity index is 2.02. The first-order chi connectivity index (χ1) is 9.35. The fraction of sp³-hybridized carbons (Fsp3) is 0.500. The number of benzene rings is 1. The standard InChI is InChI=1S/C16H20N2O2/c1-15(2,3)20-14(19)18-13-7-5-12(6-8-13)16(11-17)9-4-10-16/h5-8H,4,9-10H2,1-3H3,(H,18,19). The van der Waals surface area contributed by atoms with Gasteiger partial charge in [0.2, 0.25) is 0 Å². The lowest BCUT2D eigenvalue weighted by molar-refractivity contribution is 0.0636. The molecule has 0 bridgehead atoms. The van der Waals surface area contributed by atoms with Crippen molar-refractivity contribution in [2.45, 2.75) is 51.0 Å². The van der Waals surface area contributed by atoms with Crippen LogP contribution in [0.15, 0.2) is 24.3 Å². The molecule has 0 aromatic heterocycles. The van der Waals surface area contributed by atoms with Gasteiger partial charge in [0.25, 0.3) is 0 Å². The van der Waals surface area contributed by atoms with E-state index < -0.39 is 11.7 Å². The van der Waals surface area contributed by atoms with Gasteiger partial charge in [0, 0.05) is 5.69 Å². The molecule has 1 fully saturated rings. The van der Waals surface area contributed by atoms with Gasteiger partial charge in [-0.25, -0.2) is 4.79 Å². The Bertz CT molecular complexity index is 531. The summed E-state index contributed by atoms with van der Waals surface area (Å²) in [6, 6.07) is 9.87. The molecule has 0 atom stereocenters. The van der Waals surface area contributed by atoms with Crippen LogP contribution in [0.3, 0.4) is 0 Å². The number of carbonyl (C=O) groups excluding carboxylic acids is 1. The maximum absolute atomic E-state index is 11.6. The number of rotatable bonds is 2. The molecule has 1 aromatic carbocycles. The Labute approximate surface area is 119 Å². The van der Waals surface area contributed by atoms with Gasteiger partial charge in [-0.3, -0.25) is 5.32 Å². The van der Waals surface area contributed by atoms with Gasteiger partial charge < -0.3 is 4.74 Å². The summed E-state index contributed by atoms with van der Waals surface area (Å²) in [7, 11) is 0. The van der Waals surface area contributed by atoms with Gasteiger partial charge >= 0.3 is 6.09 Å². The van der Waals surface area contributed by atoms with Gasteiger partial charge in [0.1, 0.15) is 5.60 Å². The summed E-state index contributed by atoms with van der Waals surface area (Å²) in [5, 5.41) is 12.0. The van der Waals surface area contributed by atoms with Crippen molar-refractivity contribution in [2.75, 3.05) is 5.32 Å². The van der Waals surface area contributed by atoms with Crippen LogP contribution in [-0.2, 0) is 10.2 Å². The lowest BCUT2D eigenvalue weighted by atomic mass is 9.65. The van der Waals surface area contributed by atoms with Crippen LogP contribution in [0.25, 0.3) is 0 Å². The van der Waals surface area contributed by atoms with Crippen LogP contribution < -0.4 is 5.32 Å². The third kappa shape index (κ3) is 3.11. The van der Waals surface area contributed by atoms with Crippen molar-refractivity contribution >= 4 is 11.8 Å². The molecule has 1 saturated carbocycles. The molecule has 1 amide bonds. The maximum Gasteiger partial charge on any atom is 0.412 e. The summed E-state index contributed by atoms with van der Waals surface area (Å²) in [5.74, 6) is 0. The first-order valence-corrected chi connectivity index (χ1v) is 6.86. The monoisotopic (exact) mass is 272 g/mol. The van der Waals surface area contributed by atoms with E-state index in [2.05, 4.69) is 11.4 Å². The van der Waals surface area contributed by atoms with Gasteiger partial charge in [0.05, 0.1) is 11.5 Å². The van der Waals surface area contributed by atoms with Crippen molar-refractivity contribution in [2.24, 2.45) is 0 Å². The number of nitrogens with zero attached hydrogens (tertiary/aromatic N) is 1. The smallest absolute Gasteiger partial charge is 0.412 e. The van der Waals surface area contributed by atoms with E-state index >= 15 is 0 Å². The zero-order valence-electron chi connectivity index (χ0n) is 12.2. The van der Waals surface area contributed by atoms with Crippen molar-refractivity contribution in [1.29, 1.82) is 5.26 Å². The van der Waals surface area contributed by atoms with Crippen LogP contribution in [0.5, 0.6) is 0 Å². The number of hydrogen-bond donors (Lipinski definition) is 1. The van der Waals surface area contributed by atoms with Crippen LogP contribution >= 0.6 is 0 Å². The molecule has 0 radical (unpaired) electrons. The largest absolute Gasteiger partial charge is 0.444 e. The molecule has 1 N–H and O–H groups in total. The van der Waals surface area contributed by atoms with E-state index in [1.54, 1.807) is 0 Å². The van der Waals surface area contributed by atoms with Crippen molar-refractivity contribution in [3.05, 3.63) is 29.8 Å². The molecule has 2 rings (SSSR count). The number of ether oxygens (including phenoxy) is 1. The second-order valence-corrected chi connectivity index (χ2v) is 6.25. The van der Waals surface area contributed by atoms with Crippen molar-refractivity contribution in [1.82, 2.24) is 0 Å². The minimum Gasteiger partial charge on any atom is -0.444 e. The third-order valence-electron chi connectivity index (χ3n) is 3.50. The highest BCUT2D eigenvalue weighted by molar-refractivity contribution is 5.84. The Morgan fingerprint density at radius 3 is 2.30 bits per heavy atom. The number of amides is 1. The second-order valence-electron chi connectivity index (χ2n) is 6.25. The van der Waals surface area contributed by atoms with E-state index in [1.807, 2.05) is 45.0 Å². The molecule has 0 heterocycles. The van der Waals surface area contributed by atoms with E-state index in [-0.39, 0.29) is 5.41 Å². The van der Waals surface area contributed by atoms with Crippen LogP contribution in [0.2, 0.25) is 0 Å². The third-order valence-corrected chi connectivity index (χ3v) is 3.50. The molecule has 0 aliphatic heterocycles. The maximum atomic E-state index is 11.6. The average molecular weight is 272 g/mol. The van der Waals surface area contributed by atoms with Crippen LogP contribution in [0.4, 0.5) is 10.5 Å². The number of nitrogens with one attached hydrogen (secondary N) is 1. The van der Waals surface area contributed by atoms with E-state index in [0.29, 0.717) is 5.69 Å². The molecule has 0 unspecified atom stereocenters. The highest BCUT2D eigenvalue weighted by Crippen LogP contribution is 2.43. The minimum absolute atomic E-state index is 0.315. The molecule has 4 heteroatoms. The minimum atomic E-state index is -0.513. The van der Waals surface area contributed by atoms with Crippen molar-refractivity contribution < 1.29 is 9.53 Å². The molecule has 1 aliphatic carbocycles. The van der Waals surface area contributed by atoms with Crippen molar-refractivity contribution in [3.63, 3.8) is 0 Å². The molecule has 20 heavy (non-hydrogen) atoms. The second kappa shape index (κ2) is 5.16. The summed E-state index contributed by atoms with van der Waals surface area (Å²) < 4.78 is 5.19. The van der Waals surface area contributed by atoms with Crippen LogP contribution in [0, 0.1) is 11.3 Å². The summed E-state index contributed by atoms with van der Waals surface area (Å²) in [6.45, 7) is 5.47. The normalized spacial score (nSPS) is 16.7. The average Bonchev–Trinajstić information content (AvgIpc) is 2.28. The Kier molecular flexibility index (Phi) is 3.71. The Morgan fingerprint density at radius 1 is 1.30 bits per heavy atom. The number of nitriles is 1. The predicted octanol–water partition coefficient (Wildman–Crippen LogP) is 3.98. The summed E-state index contributed by atoms with van der Waals surface area (Å²) in [4.78, 5) is 11.6. The van der Waals surface area contributed by atoms with E-state index in [4.69, 9.17) is 4.74 Å². The van der Waals surface area contributed by atoms with Crippen molar-refractivity contribution in [3.8, 4) is 6.07 Å². The number of carbonyl (C=O) groups is 1. The first kappa shape index (κ1) is 14.4. The molecule has 0 saturated heterocycles. The molecular formula is C16H20N2O2. The fourth-order valence-electron chi connectivity index (χ4n) is 2.29. The van der Waals surface area contributed by atoms with Gasteiger partial charge in [-0.2, -0.15) is 5.26 Å². The predicted molar refractivity (Wildman–Crippen MR) is 77.4 cm³/mol. The lowest BCUT2D eigenvalue weighted by Crippen LogP contribution is -2.32. The van der Waals surface area contributed by atoms with Gasteiger partial charge in [-0.15, -0.1) is 0 Å². The molecule has 1 aliphatic rings. The SMILES string of the molecule is CC(C)(C)OC(=O)Nc1ccc(C2(C#N)CCC2)cc1. The fourth-order valence-corrected chi connectivity index (χ4v) is 2.29. The molecule has 0 spiro atoms. The molecule has 106 valence electrons. The highest BCUT2D eigenvalue weighted by atomic mass is 16.6. The number of anilines is 1. The Hall–Kier alpha value is -2.02. The van der Waals surface area contributed by atoms with Crippen LogP contribution in [0.1, 0.15) is 45.6 Å². The van der Waals surface area contributed by atoms with E-state index in [9.17, 15) is 10.1 Å². The van der Waals surface area contributed by atoms with E-state index in [1.165, 1.54) is 0 Å². The highest BCUT2D eigenvalue weighted by Gasteiger charge is 2.38. The lowest BCUT2D eigenvalue weighted by Gasteiger charge is -2.35. The summed E-state index contributed by atoms with van der Waals surface area (Å²) in [6.07, 6.45) is 2.47. The molecule has 1 aromatic rings. The first-order valence-electron chi connectivity index (χ1n) is 6.86. The van der Waals surface area contributed by atoms with E-state index in [0.717, 1.165) is 24.8 Å². The molecule has 4 nitrogen and oxygen atoms in total. The number of hydrogen-bond acceptors (Lipinski definition) is 3. The Morgan fingerprint density at radius 2 is 1.90 bits per heavy atom. The van der Waals surface area contributed by atoms with Gasteiger partial charge in [-0.1, -0.05) is 12.1 Å². The molecular weight excluding hydrogens is 252 g/mol. The van der Waals surface area contributed by atoms with Crippen LogP contribution in [-0.4, -0.2) is 11.7 Å². The van der Waals surface area contributed by atoms with Gasteiger partial charge in [0.15, 0.2) is 0 Å². The summed E-state index contributed by atoms with van der Waals surface area (Å²) in [5.41, 5.74) is 0.877.